The Morgan fingerprint density at radius 1 is 0.970 bits per heavy atom. The number of thioether (sulfide) groups is 1. The summed E-state index contributed by atoms with van der Waals surface area (Å²) >= 11 is 7.40. The van der Waals surface area contributed by atoms with E-state index in [4.69, 9.17) is 16.7 Å². The number of carbonyl (C=O) groups is 3. The van der Waals surface area contributed by atoms with Crippen LogP contribution >= 0.6 is 23.4 Å². The van der Waals surface area contributed by atoms with Crippen molar-refractivity contribution < 1.29 is 19.5 Å². The van der Waals surface area contributed by atoms with Gasteiger partial charge in [0.2, 0.25) is 11.8 Å². The average Bonchev–Trinajstić information content (AvgIpc) is 2.81. The highest BCUT2D eigenvalue weighted by Crippen LogP contribution is 2.28. The predicted molar refractivity (Wildman–Crippen MR) is 133 cm³/mol. The summed E-state index contributed by atoms with van der Waals surface area (Å²) < 4.78 is 0. The molecule has 3 rings (SSSR count). The van der Waals surface area contributed by atoms with Gasteiger partial charge in [-0.15, -0.1) is 11.8 Å². The van der Waals surface area contributed by atoms with E-state index < -0.39 is 11.2 Å². The first-order valence-corrected chi connectivity index (χ1v) is 11.2. The van der Waals surface area contributed by atoms with Gasteiger partial charge in [0.25, 0.3) is 0 Å². The molecule has 1 unspecified atom stereocenters. The van der Waals surface area contributed by atoms with Crippen LogP contribution in [0.5, 0.6) is 0 Å². The molecule has 1 atom stereocenters. The minimum absolute atomic E-state index is 0.0336. The van der Waals surface area contributed by atoms with Gasteiger partial charge in [-0.2, -0.15) is 0 Å². The van der Waals surface area contributed by atoms with Crippen LogP contribution in [0.4, 0.5) is 11.4 Å². The van der Waals surface area contributed by atoms with Gasteiger partial charge in [-0.1, -0.05) is 41.9 Å². The van der Waals surface area contributed by atoms with E-state index in [1.165, 1.54) is 36.0 Å². The summed E-state index contributed by atoms with van der Waals surface area (Å²) in [6.07, 6.45) is 3.20. The molecule has 0 spiro atoms. The number of hydrogen-bond acceptors (Lipinski definition) is 4. The van der Waals surface area contributed by atoms with E-state index in [2.05, 4.69) is 10.6 Å². The van der Waals surface area contributed by atoms with Crippen molar-refractivity contribution in [1.82, 2.24) is 0 Å². The van der Waals surface area contributed by atoms with Crippen molar-refractivity contribution in [2.45, 2.75) is 17.1 Å². The Labute approximate surface area is 200 Å². The van der Waals surface area contributed by atoms with Crippen molar-refractivity contribution in [2.75, 3.05) is 10.6 Å². The molecule has 6 nitrogen and oxygen atoms in total. The zero-order chi connectivity index (χ0) is 23.8. The van der Waals surface area contributed by atoms with E-state index in [-0.39, 0.29) is 28.1 Å². The largest absolute Gasteiger partial charge is 0.478 e. The highest BCUT2D eigenvalue weighted by Gasteiger charge is 2.17. The summed E-state index contributed by atoms with van der Waals surface area (Å²) in [6.45, 7) is 1.74. The van der Waals surface area contributed by atoms with E-state index in [1.807, 2.05) is 42.5 Å². The van der Waals surface area contributed by atoms with Gasteiger partial charge in [0.15, 0.2) is 0 Å². The Bertz CT molecular complexity index is 1180. The second-order valence-electron chi connectivity index (χ2n) is 7.01. The predicted octanol–water partition coefficient (Wildman–Crippen LogP) is 5.81. The van der Waals surface area contributed by atoms with Crippen LogP contribution in [-0.4, -0.2) is 28.1 Å². The van der Waals surface area contributed by atoms with Crippen molar-refractivity contribution in [3.05, 3.63) is 95.0 Å². The van der Waals surface area contributed by atoms with Crippen molar-refractivity contribution in [1.29, 1.82) is 0 Å². The smallest absolute Gasteiger partial charge is 0.335 e. The fraction of sp³-hybridized carbons (Fsp3) is 0.0800. The van der Waals surface area contributed by atoms with Crippen LogP contribution in [0.25, 0.3) is 6.08 Å². The van der Waals surface area contributed by atoms with Crippen LogP contribution in [0.15, 0.2) is 83.8 Å². The molecule has 0 saturated carbocycles. The van der Waals surface area contributed by atoms with Crippen LogP contribution in [0, 0.1) is 0 Å². The summed E-state index contributed by atoms with van der Waals surface area (Å²) in [5, 5.41) is 14.4. The second-order valence-corrected chi connectivity index (χ2v) is 8.83. The number of nitrogens with one attached hydrogen (secondary N) is 2. The quantitative estimate of drug-likeness (QED) is 0.279. The van der Waals surface area contributed by atoms with Gasteiger partial charge >= 0.3 is 5.97 Å². The van der Waals surface area contributed by atoms with Crippen LogP contribution in [0.3, 0.4) is 0 Å². The first-order valence-electron chi connectivity index (χ1n) is 9.96. The maximum atomic E-state index is 12.5. The van der Waals surface area contributed by atoms with E-state index in [0.29, 0.717) is 5.69 Å². The highest BCUT2D eigenvalue weighted by atomic mass is 35.5. The number of halogens is 1. The van der Waals surface area contributed by atoms with E-state index in [0.717, 1.165) is 10.5 Å². The molecule has 0 aromatic heterocycles. The maximum absolute atomic E-state index is 12.5. The van der Waals surface area contributed by atoms with Crippen LogP contribution in [0.1, 0.15) is 22.8 Å². The molecule has 0 radical (unpaired) electrons. The maximum Gasteiger partial charge on any atom is 0.335 e. The molecule has 3 N–H and O–H groups in total. The van der Waals surface area contributed by atoms with E-state index >= 15 is 0 Å². The summed E-state index contributed by atoms with van der Waals surface area (Å²) in [7, 11) is 0. The Balaban J connectivity index is 1.55. The first-order chi connectivity index (χ1) is 15.8. The number of rotatable bonds is 8. The molecule has 0 bridgehead atoms. The molecule has 0 saturated heterocycles. The van der Waals surface area contributed by atoms with E-state index in [9.17, 15) is 14.4 Å². The lowest BCUT2D eigenvalue weighted by atomic mass is 10.2. The summed E-state index contributed by atoms with van der Waals surface area (Å²) in [5.41, 5.74) is 1.85. The molecular weight excluding hydrogens is 460 g/mol. The van der Waals surface area contributed by atoms with Gasteiger partial charge < -0.3 is 15.7 Å². The van der Waals surface area contributed by atoms with Crippen LogP contribution < -0.4 is 10.6 Å². The number of aromatic carboxylic acids is 1. The molecular formula is C25H21ClN2O4S. The summed E-state index contributed by atoms with van der Waals surface area (Å²) in [5.74, 6) is -1.66. The topological polar surface area (TPSA) is 95.5 Å². The third-order valence-electron chi connectivity index (χ3n) is 4.50. The zero-order valence-corrected chi connectivity index (χ0v) is 19.2. The number of anilines is 2. The summed E-state index contributed by atoms with van der Waals surface area (Å²) in [6, 6.07) is 20.8. The van der Waals surface area contributed by atoms with Gasteiger partial charge in [0.1, 0.15) is 0 Å². The van der Waals surface area contributed by atoms with Gasteiger partial charge in [0.05, 0.1) is 21.5 Å². The Morgan fingerprint density at radius 2 is 1.67 bits per heavy atom. The molecule has 0 aliphatic carbocycles. The second kappa shape index (κ2) is 11.4. The monoisotopic (exact) mass is 480 g/mol. The van der Waals surface area contributed by atoms with Crippen molar-refractivity contribution in [3.8, 4) is 0 Å². The fourth-order valence-corrected chi connectivity index (χ4v) is 3.82. The summed E-state index contributed by atoms with van der Waals surface area (Å²) in [4.78, 5) is 36.6. The molecule has 0 aliphatic rings. The Hall–Kier alpha value is -3.55. The third-order valence-corrected chi connectivity index (χ3v) is 5.94. The first kappa shape index (κ1) is 24.1. The van der Waals surface area contributed by atoms with Gasteiger partial charge in [-0.25, -0.2) is 4.79 Å². The van der Waals surface area contributed by atoms with Gasteiger partial charge in [-0.3, -0.25) is 9.59 Å². The standard InChI is InChI=1S/C25H21ClN2O4S/c1-16(24(30)28-22-15-18(25(31)32)8-13-21(22)26)33-20-11-9-19(10-12-20)27-23(29)14-7-17-5-3-2-4-6-17/h2-16H,1H3,(H,27,29)(H,28,30)(H,31,32)/b14-7+. The lowest BCUT2D eigenvalue weighted by molar-refractivity contribution is -0.115. The molecule has 33 heavy (non-hydrogen) atoms. The Morgan fingerprint density at radius 3 is 2.33 bits per heavy atom. The minimum atomic E-state index is -1.10. The highest BCUT2D eigenvalue weighted by molar-refractivity contribution is 8.00. The fourth-order valence-electron chi connectivity index (χ4n) is 2.78. The lowest BCUT2D eigenvalue weighted by Gasteiger charge is -2.14. The average molecular weight is 481 g/mol. The molecule has 0 heterocycles. The van der Waals surface area contributed by atoms with Crippen LogP contribution in [-0.2, 0) is 9.59 Å². The van der Waals surface area contributed by atoms with E-state index in [1.54, 1.807) is 25.1 Å². The van der Waals surface area contributed by atoms with Gasteiger partial charge in [-0.05, 0) is 61.0 Å². The molecule has 0 aliphatic heterocycles. The van der Waals surface area contributed by atoms with Crippen molar-refractivity contribution in [2.24, 2.45) is 0 Å². The number of amides is 2. The molecule has 3 aromatic carbocycles. The molecule has 8 heteroatoms. The van der Waals surface area contributed by atoms with Crippen molar-refractivity contribution in [3.63, 3.8) is 0 Å². The third kappa shape index (κ3) is 7.24. The number of carboxylic acids is 1. The minimum Gasteiger partial charge on any atom is -0.478 e. The molecule has 3 aromatic rings. The lowest BCUT2D eigenvalue weighted by Crippen LogP contribution is -2.22. The van der Waals surface area contributed by atoms with Crippen LogP contribution in [0.2, 0.25) is 5.02 Å². The molecule has 0 fully saturated rings. The number of carboxylic acid groups (broad SMARTS) is 1. The number of carbonyl (C=O) groups excluding carboxylic acids is 2. The Kier molecular flexibility index (Phi) is 8.29. The zero-order valence-electron chi connectivity index (χ0n) is 17.6. The SMILES string of the molecule is CC(Sc1ccc(NC(=O)/C=C/c2ccccc2)cc1)C(=O)Nc1cc(C(=O)O)ccc1Cl. The normalized spacial score (nSPS) is 11.7. The van der Waals surface area contributed by atoms with Gasteiger partial charge in [0, 0.05) is 16.7 Å². The molecule has 168 valence electrons. The molecule has 2 amide bonds. The van der Waals surface area contributed by atoms with Crippen molar-refractivity contribution >= 4 is 58.6 Å². The number of benzene rings is 3. The number of hydrogen-bond donors (Lipinski definition) is 3.